The molecule has 0 saturated heterocycles. The second-order valence-electron chi connectivity index (χ2n) is 10.8. The molecule has 0 bridgehead atoms. The molecule has 4 rings (SSSR count). The average Bonchev–Trinajstić information content (AvgIpc) is 3.00. The monoisotopic (exact) mass is 544 g/mol. The molecule has 0 aliphatic heterocycles. The minimum Gasteiger partial charge on any atom is -0.457 e. The number of ether oxygens (including phenoxy) is 2. The summed E-state index contributed by atoms with van der Waals surface area (Å²) in [6.45, 7) is 8.69. The first-order valence-corrected chi connectivity index (χ1v) is 15.1. The number of allylic oxidation sites excluding steroid dienone is 2. The fourth-order valence-electron chi connectivity index (χ4n) is 5.35. The van der Waals surface area contributed by atoms with Crippen LogP contribution < -0.4 is 9.47 Å². The van der Waals surface area contributed by atoms with Gasteiger partial charge >= 0.3 is 0 Å². The second-order valence-corrected chi connectivity index (χ2v) is 10.8. The third kappa shape index (κ3) is 8.01. The topological polar surface area (TPSA) is 18.5 Å². The van der Waals surface area contributed by atoms with E-state index in [2.05, 4.69) is 86.7 Å². The Labute approximate surface area is 247 Å². The van der Waals surface area contributed by atoms with Crippen LogP contribution in [-0.4, -0.2) is 0 Å². The Morgan fingerprint density at radius 1 is 0.561 bits per heavy atom. The number of hydrogen-bond donors (Lipinski definition) is 0. The molecule has 0 unspecified atom stereocenters. The standard InChI is InChI=1S/C39H44O2/c1-5-8-9-10-15-30-39(4,33-22-26-35(27-23-33)40-37-20-13-11-18-31(37)16-6-2)34-24-28-36(29-25-34)41-38-21-14-12-19-32(38)17-7-3/h6-7,11-14,16-29H,5,8-10,15,30H2,1-4H3. The molecule has 0 saturated carbocycles. The van der Waals surface area contributed by atoms with E-state index < -0.39 is 0 Å². The van der Waals surface area contributed by atoms with Gasteiger partial charge in [0.15, 0.2) is 0 Å². The van der Waals surface area contributed by atoms with E-state index in [-0.39, 0.29) is 5.41 Å². The van der Waals surface area contributed by atoms with Crippen molar-refractivity contribution in [3.8, 4) is 23.0 Å². The van der Waals surface area contributed by atoms with E-state index in [9.17, 15) is 0 Å². The van der Waals surface area contributed by atoms with Gasteiger partial charge in [0, 0.05) is 16.5 Å². The van der Waals surface area contributed by atoms with Crippen molar-refractivity contribution in [2.24, 2.45) is 0 Å². The Hall–Kier alpha value is -4.04. The molecule has 0 radical (unpaired) electrons. The van der Waals surface area contributed by atoms with Crippen LogP contribution in [-0.2, 0) is 5.41 Å². The largest absolute Gasteiger partial charge is 0.457 e. The minimum absolute atomic E-state index is 0.116. The van der Waals surface area contributed by atoms with Crippen molar-refractivity contribution in [2.45, 2.75) is 71.6 Å². The molecular weight excluding hydrogens is 500 g/mol. The summed E-state index contributed by atoms with van der Waals surface area (Å²) >= 11 is 0. The number of hydrogen-bond acceptors (Lipinski definition) is 2. The Morgan fingerprint density at radius 3 is 1.44 bits per heavy atom. The highest BCUT2D eigenvalue weighted by Crippen LogP contribution is 2.39. The van der Waals surface area contributed by atoms with Crippen LogP contribution in [0, 0.1) is 0 Å². The molecule has 0 aliphatic rings. The number of rotatable bonds is 14. The summed E-state index contributed by atoms with van der Waals surface area (Å²) in [7, 11) is 0. The van der Waals surface area contributed by atoms with Gasteiger partial charge in [0.1, 0.15) is 23.0 Å². The summed E-state index contributed by atoms with van der Waals surface area (Å²) in [5.41, 5.74) is 4.64. The molecule has 0 spiro atoms. The SMILES string of the molecule is CC=Cc1ccccc1Oc1ccc(C(C)(CCCCCCC)c2ccc(Oc3ccccc3C=CC)cc2)cc1. The first-order valence-electron chi connectivity index (χ1n) is 15.1. The Balaban J connectivity index is 1.57. The van der Waals surface area contributed by atoms with Crippen LogP contribution >= 0.6 is 0 Å². The fourth-order valence-corrected chi connectivity index (χ4v) is 5.35. The highest BCUT2D eigenvalue weighted by Gasteiger charge is 2.28. The lowest BCUT2D eigenvalue weighted by Gasteiger charge is -2.31. The zero-order valence-electron chi connectivity index (χ0n) is 25.1. The molecule has 41 heavy (non-hydrogen) atoms. The van der Waals surface area contributed by atoms with Crippen molar-refractivity contribution in [1.82, 2.24) is 0 Å². The van der Waals surface area contributed by atoms with Gasteiger partial charge in [-0.05, 0) is 67.8 Å². The fraction of sp³-hybridized carbons (Fsp3) is 0.282. The lowest BCUT2D eigenvalue weighted by Crippen LogP contribution is -2.23. The summed E-state index contributed by atoms with van der Waals surface area (Å²) < 4.78 is 12.6. The predicted octanol–water partition coefficient (Wildman–Crippen LogP) is 12.0. The lowest BCUT2D eigenvalue weighted by atomic mass is 9.72. The van der Waals surface area contributed by atoms with E-state index in [4.69, 9.17) is 9.47 Å². The zero-order chi connectivity index (χ0) is 28.9. The van der Waals surface area contributed by atoms with Crippen molar-refractivity contribution in [2.75, 3.05) is 0 Å². The molecule has 4 aromatic rings. The van der Waals surface area contributed by atoms with Crippen LogP contribution in [0.15, 0.2) is 109 Å². The first kappa shape index (κ1) is 29.9. The first-order chi connectivity index (χ1) is 20.1. The Morgan fingerprint density at radius 2 is 1.00 bits per heavy atom. The van der Waals surface area contributed by atoms with Crippen molar-refractivity contribution < 1.29 is 9.47 Å². The third-order valence-corrected chi connectivity index (χ3v) is 7.75. The summed E-state index contributed by atoms with van der Waals surface area (Å²) in [5.74, 6) is 3.42. The highest BCUT2D eigenvalue weighted by atomic mass is 16.5. The molecule has 0 fully saturated rings. The molecule has 0 N–H and O–H groups in total. The molecule has 0 aliphatic carbocycles. The van der Waals surface area contributed by atoms with Crippen molar-refractivity contribution in [1.29, 1.82) is 0 Å². The smallest absolute Gasteiger partial charge is 0.134 e. The van der Waals surface area contributed by atoms with Crippen molar-refractivity contribution in [3.05, 3.63) is 131 Å². The quantitative estimate of drug-likeness (QED) is 0.147. The molecule has 0 atom stereocenters. The highest BCUT2D eigenvalue weighted by molar-refractivity contribution is 5.59. The second kappa shape index (κ2) is 15.1. The molecular formula is C39H44O2. The van der Waals surface area contributed by atoms with Crippen LogP contribution in [0.4, 0.5) is 0 Å². The van der Waals surface area contributed by atoms with E-state index in [1.807, 2.05) is 62.4 Å². The summed E-state index contributed by atoms with van der Waals surface area (Å²) in [5, 5.41) is 0. The van der Waals surface area contributed by atoms with E-state index in [1.165, 1.54) is 43.2 Å². The van der Waals surface area contributed by atoms with Gasteiger partial charge in [-0.3, -0.25) is 0 Å². The summed E-state index contributed by atoms with van der Waals surface area (Å²) in [4.78, 5) is 0. The molecule has 2 nitrogen and oxygen atoms in total. The Kier molecular flexibility index (Phi) is 11.0. The lowest BCUT2D eigenvalue weighted by molar-refractivity contribution is 0.464. The minimum atomic E-state index is -0.116. The summed E-state index contributed by atoms with van der Waals surface area (Å²) in [6, 6.07) is 33.6. The van der Waals surface area contributed by atoms with Crippen LogP contribution in [0.1, 0.15) is 88.5 Å². The van der Waals surface area contributed by atoms with E-state index in [0.717, 1.165) is 40.5 Å². The van der Waals surface area contributed by atoms with E-state index >= 15 is 0 Å². The van der Waals surface area contributed by atoms with Gasteiger partial charge < -0.3 is 9.47 Å². The van der Waals surface area contributed by atoms with Gasteiger partial charge in [0.25, 0.3) is 0 Å². The van der Waals surface area contributed by atoms with Gasteiger partial charge in [-0.25, -0.2) is 0 Å². The van der Waals surface area contributed by atoms with Crippen molar-refractivity contribution >= 4 is 12.2 Å². The van der Waals surface area contributed by atoms with E-state index in [0.29, 0.717) is 0 Å². The van der Waals surface area contributed by atoms with Crippen LogP contribution in [0.3, 0.4) is 0 Å². The maximum Gasteiger partial charge on any atom is 0.134 e. The Bertz CT molecular complexity index is 1310. The van der Waals surface area contributed by atoms with Gasteiger partial charge in [-0.15, -0.1) is 0 Å². The number of para-hydroxylation sites is 2. The van der Waals surface area contributed by atoms with Gasteiger partial charge in [-0.1, -0.05) is 131 Å². The van der Waals surface area contributed by atoms with E-state index in [1.54, 1.807) is 0 Å². The zero-order valence-corrected chi connectivity index (χ0v) is 25.1. The normalized spacial score (nSPS) is 13.0. The molecule has 212 valence electrons. The van der Waals surface area contributed by atoms with Crippen LogP contribution in [0.2, 0.25) is 0 Å². The predicted molar refractivity (Wildman–Crippen MR) is 175 cm³/mol. The third-order valence-electron chi connectivity index (χ3n) is 7.75. The molecule has 4 aromatic carbocycles. The average molecular weight is 545 g/mol. The number of benzene rings is 4. The number of unbranched alkanes of at least 4 members (excludes halogenated alkanes) is 4. The molecule has 0 aromatic heterocycles. The van der Waals surface area contributed by atoms with Crippen molar-refractivity contribution in [3.63, 3.8) is 0 Å². The molecule has 2 heteroatoms. The molecule has 0 amide bonds. The van der Waals surface area contributed by atoms with Gasteiger partial charge in [0.2, 0.25) is 0 Å². The van der Waals surface area contributed by atoms with Crippen LogP contribution in [0.5, 0.6) is 23.0 Å². The maximum absolute atomic E-state index is 6.29. The van der Waals surface area contributed by atoms with Gasteiger partial charge in [-0.2, -0.15) is 0 Å². The molecule has 0 heterocycles. The van der Waals surface area contributed by atoms with Gasteiger partial charge in [0.05, 0.1) is 0 Å². The maximum atomic E-state index is 6.29. The van der Waals surface area contributed by atoms with Crippen LogP contribution in [0.25, 0.3) is 12.2 Å². The summed E-state index contributed by atoms with van der Waals surface area (Å²) in [6.07, 6.45) is 15.6.